The second-order valence-electron chi connectivity index (χ2n) is 11.1. The molecule has 2 aliphatic heterocycles. The number of imide groups is 2. The van der Waals surface area contributed by atoms with Gasteiger partial charge in [-0.15, -0.1) is 23.2 Å². The summed E-state index contributed by atoms with van der Waals surface area (Å²) in [6, 6.07) is 9.64. The van der Waals surface area contributed by atoms with Gasteiger partial charge in [-0.1, -0.05) is 35.4 Å². The number of fused-ring (bicyclic) bond motifs is 4. The number of amides is 4. The van der Waals surface area contributed by atoms with Crippen molar-refractivity contribution in [3.05, 3.63) is 64.2 Å². The van der Waals surface area contributed by atoms with Crippen LogP contribution in [0.2, 0.25) is 5.02 Å². The van der Waals surface area contributed by atoms with Crippen molar-refractivity contribution in [2.24, 2.45) is 17.8 Å². The fourth-order valence-corrected chi connectivity index (χ4v) is 8.27. The van der Waals surface area contributed by atoms with E-state index in [4.69, 9.17) is 39.5 Å². The largest absolute Gasteiger partial charge is 0.504 e. The van der Waals surface area contributed by atoms with Crippen molar-refractivity contribution in [3.63, 3.8) is 0 Å². The summed E-state index contributed by atoms with van der Waals surface area (Å²) in [5.74, 6) is -5.09. The number of phenolic OH excluding ortho intramolecular Hbond substituents is 1. The smallest absolute Gasteiger partial charge is 0.253 e. The number of allylic oxidation sites excluding steroid dienone is 2. The average Bonchev–Trinajstić information content (AvgIpc) is 3.26. The van der Waals surface area contributed by atoms with Gasteiger partial charge in [-0.2, -0.15) is 0 Å². The number of likely N-dealkylation sites (tertiary alicyclic amines) is 1. The molecule has 2 heterocycles. The Morgan fingerprint density at radius 2 is 1.76 bits per heavy atom. The van der Waals surface area contributed by atoms with Crippen LogP contribution in [0, 0.1) is 24.7 Å². The molecule has 0 radical (unpaired) electrons. The zero-order valence-electron chi connectivity index (χ0n) is 22.5. The number of hydrogen-bond acceptors (Lipinski definition) is 6. The maximum atomic E-state index is 14.1. The maximum Gasteiger partial charge on any atom is 0.253 e. The molecule has 2 aliphatic carbocycles. The number of carbonyl (C=O) groups is 4. The quantitative estimate of drug-likeness (QED) is 0.296. The molecule has 4 amide bonds. The van der Waals surface area contributed by atoms with E-state index in [2.05, 4.69) is 0 Å². The van der Waals surface area contributed by atoms with Crippen LogP contribution in [-0.4, -0.2) is 57.0 Å². The minimum atomic E-state index is -1.91. The molecular formula is C30H27Cl3N2O6. The molecule has 0 bridgehead atoms. The molecule has 0 unspecified atom stereocenters. The highest BCUT2D eigenvalue weighted by molar-refractivity contribution is 6.53. The van der Waals surface area contributed by atoms with Crippen LogP contribution in [0.15, 0.2) is 48.0 Å². The van der Waals surface area contributed by atoms with Gasteiger partial charge >= 0.3 is 0 Å². The van der Waals surface area contributed by atoms with E-state index < -0.39 is 51.1 Å². The van der Waals surface area contributed by atoms with Crippen LogP contribution >= 0.6 is 34.8 Å². The Morgan fingerprint density at radius 1 is 1.02 bits per heavy atom. The third-order valence-electron chi connectivity index (χ3n) is 9.04. The number of aryl methyl sites for hydroxylation is 1. The van der Waals surface area contributed by atoms with Crippen LogP contribution in [0.4, 0.5) is 5.69 Å². The molecule has 214 valence electrons. The number of ether oxygens (including phenoxy) is 1. The molecule has 41 heavy (non-hydrogen) atoms. The molecule has 6 atom stereocenters. The van der Waals surface area contributed by atoms with Gasteiger partial charge in [0.15, 0.2) is 21.2 Å². The van der Waals surface area contributed by atoms with Crippen molar-refractivity contribution < 1.29 is 29.0 Å². The summed E-state index contributed by atoms with van der Waals surface area (Å²) in [6.45, 7) is 3.87. The molecule has 2 aromatic rings. The summed E-state index contributed by atoms with van der Waals surface area (Å²) in [5, 5.41) is 10.8. The van der Waals surface area contributed by atoms with E-state index in [0.29, 0.717) is 21.8 Å². The van der Waals surface area contributed by atoms with Crippen molar-refractivity contribution in [3.8, 4) is 11.5 Å². The summed E-state index contributed by atoms with van der Waals surface area (Å²) in [4.78, 5) is 53.3. The van der Waals surface area contributed by atoms with E-state index in [9.17, 15) is 24.3 Å². The van der Waals surface area contributed by atoms with Crippen molar-refractivity contribution >= 4 is 64.1 Å². The normalized spacial score (nSPS) is 32.6. The average molecular weight is 618 g/mol. The third-order valence-corrected chi connectivity index (χ3v) is 10.9. The highest BCUT2D eigenvalue weighted by Gasteiger charge is 2.75. The predicted octanol–water partition coefficient (Wildman–Crippen LogP) is 4.95. The Labute approximate surface area is 251 Å². The Hall–Kier alpha value is -3.07. The summed E-state index contributed by atoms with van der Waals surface area (Å²) in [7, 11) is 1.34. The Bertz CT molecular complexity index is 1580. The first-order valence-electron chi connectivity index (χ1n) is 13.4. The minimum Gasteiger partial charge on any atom is -0.504 e. The van der Waals surface area contributed by atoms with Gasteiger partial charge in [-0.05, 0) is 68.0 Å². The van der Waals surface area contributed by atoms with E-state index in [0.717, 1.165) is 15.4 Å². The molecule has 3 fully saturated rings. The first kappa shape index (κ1) is 28.1. The van der Waals surface area contributed by atoms with Crippen LogP contribution in [0.25, 0.3) is 0 Å². The standard InChI is InChI=1S/C30H27Cl3N2O6/c1-4-41-22-11-15(6-10-21(22)36)24-17-8-9-18-23(19(17)13-29(32)27(39)34(3)28(40)30(24,29)33)26(38)35(25(18)37)16-7-5-14(2)20(31)12-16/h5-8,10-12,18-19,23-24,36H,4,9,13H2,1-3H3/t18-,19+,23-,24-,29+,30-/m0/s1. The number of aromatic hydroxyl groups is 1. The lowest BCUT2D eigenvalue weighted by Crippen LogP contribution is -2.60. The molecule has 6 rings (SSSR count). The minimum absolute atomic E-state index is 0.101. The lowest BCUT2D eigenvalue weighted by Gasteiger charge is -2.50. The number of nitrogens with zero attached hydrogens (tertiary/aromatic N) is 2. The first-order valence-corrected chi connectivity index (χ1v) is 14.5. The van der Waals surface area contributed by atoms with Crippen LogP contribution in [-0.2, 0) is 19.2 Å². The number of alkyl halides is 2. The predicted molar refractivity (Wildman–Crippen MR) is 153 cm³/mol. The number of halogens is 3. The van der Waals surface area contributed by atoms with Crippen molar-refractivity contribution in [2.45, 2.75) is 42.4 Å². The van der Waals surface area contributed by atoms with Gasteiger partial charge < -0.3 is 9.84 Å². The topological polar surface area (TPSA) is 104 Å². The Balaban J connectivity index is 1.51. The molecule has 1 saturated carbocycles. The molecule has 2 saturated heterocycles. The van der Waals surface area contributed by atoms with Crippen LogP contribution in [0.3, 0.4) is 0 Å². The highest BCUT2D eigenvalue weighted by atomic mass is 35.5. The number of anilines is 1. The zero-order chi connectivity index (χ0) is 29.6. The lowest BCUT2D eigenvalue weighted by molar-refractivity contribution is -0.138. The van der Waals surface area contributed by atoms with E-state index in [1.807, 2.05) is 13.0 Å². The SMILES string of the molecule is CCOc1cc([C@H]2C3=CC[C@@H]4C(=O)N(c5ccc(C)c(Cl)c5)C(=O)[C@@H]4[C@@H]3C[C@@]3(Cl)C(=O)N(C)C(=O)[C@@]23Cl)ccc1O. The van der Waals surface area contributed by atoms with Gasteiger partial charge in [-0.25, -0.2) is 4.90 Å². The van der Waals surface area contributed by atoms with Gasteiger partial charge in [0.2, 0.25) is 11.8 Å². The van der Waals surface area contributed by atoms with E-state index in [-0.39, 0.29) is 36.9 Å². The van der Waals surface area contributed by atoms with Gasteiger partial charge in [0.25, 0.3) is 11.8 Å². The molecule has 0 aromatic heterocycles. The second kappa shape index (κ2) is 9.48. The first-order chi connectivity index (χ1) is 19.4. The van der Waals surface area contributed by atoms with Crippen molar-refractivity contribution in [2.75, 3.05) is 18.6 Å². The summed E-state index contributed by atoms with van der Waals surface area (Å²) in [6.07, 6.45) is 2.00. The van der Waals surface area contributed by atoms with Crippen molar-refractivity contribution in [1.29, 1.82) is 0 Å². The van der Waals surface area contributed by atoms with Crippen LogP contribution in [0.5, 0.6) is 11.5 Å². The molecule has 1 N–H and O–H groups in total. The second-order valence-corrected chi connectivity index (χ2v) is 12.8. The molecule has 11 heteroatoms. The summed E-state index contributed by atoms with van der Waals surface area (Å²) < 4.78 is 5.60. The number of phenols is 1. The number of carbonyl (C=O) groups excluding carboxylic acids is 4. The monoisotopic (exact) mass is 616 g/mol. The Morgan fingerprint density at radius 3 is 2.44 bits per heavy atom. The third kappa shape index (κ3) is 3.66. The van der Waals surface area contributed by atoms with Gasteiger partial charge in [0.1, 0.15) is 0 Å². The van der Waals surface area contributed by atoms with E-state index >= 15 is 0 Å². The fraction of sp³-hybridized carbons (Fsp3) is 0.400. The number of benzene rings is 2. The molecule has 4 aliphatic rings. The van der Waals surface area contributed by atoms with Crippen LogP contribution < -0.4 is 9.64 Å². The maximum absolute atomic E-state index is 14.1. The number of hydrogen-bond donors (Lipinski definition) is 1. The Kier molecular flexibility index (Phi) is 6.49. The molecule has 2 aromatic carbocycles. The molecule has 0 spiro atoms. The van der Waals surface area contributed by atoms with Crippen molar-refractivity contribution in [1.82, 2.24) is 4.90 Å². The summed E-state index contributed by atoms with van der Waals surface area (Å²) in [5.41, 5.74) is 2.34. The zero-order valence-corrected chi connectivity index (χ0v) is 24.8. The van der Waals surface area contributed by atoms with Gasteiger partial charge in [-0.3, -0.25) is 24.1 Å². The van der Waals surface area contributed by atoms with Gasteiger partial charge in [0.05, 0.1) is 24.1 Å². The van der Waals surface area contributed by atoms with Gasteiger partial charge in [0, 0.05) is 18.0 Å². The van der Waals surface area contributed by atoms with E-state index in [1.54, 1.807) is 37.3 Å². The molecule has 8 nitrogen and oxygen atoms in total. The highest BCUT2D eigenvalue weighted by Crippen LogP contribution is 2.65. The fourth-order valence-electron chi connectivity index (χ4n) is 7.07. The van der Waals surface area contributed by atoms with Crippen LogP contribution in [0.1, 0.15) is 36.8 Å². The lowest BCUT2D eigenvalue weighted by atomic mass is 9.56. The van der Waals surface area contributed by atoms with E-state index in [1.165, 1.54) is 13.1 Å². The number of rotatable bonds is 4. The summed E-state index contributed by atoms with van der Waals surface area (Å²) >= 11 is 20.7. The molecular weight excluding hydrogens is 591 g/mol.